The monoisotopic (exact) mass is 309 g/mol. The largest absolute Gasteiger partial charge is 0.379 e. The number of thiophene rings is 1. The second kappa shape index (κ2) is 7.35. The predicted octanol–water partition coefficient (Wildman–Crippen LogP) is 0.990. The van der Waals surface area contributed by atoms with Gasteiger partial charge in [-0.05, 0) is 30.8 Å². The number of nitrogens with one attached hydrogen (secondary N) is 2. The molecule has 1 aromatic heterocycles. The van der Waals surface area contributed by atoms with Gasteiger partial charge in [-0.3, -0.25) is 9.69 Å². The molecule has 2 saturated heterocycles. The summed E-state index contributed by atoms with van der Waals surface area (Å²) in [6.45, 7) is 5.05. The number of ether oxygens (including phenoxy) is 1. The smallest absolute Gasteiger partial charge is 0.237 e. The van der Waals surface area contributed by atoms with Crippen LogP contribution >= 0.6 is 11.3 Å². The zero-order valence-electron chi connectivity index (χ0n) is 12.2. The number of morpholine rings is 1. The third-order valence-electron chi connectivity index (χ3n) is 4.20. The summed E-state index contributed by atoms with van der Waals surface area (Å²) in [7, 11) is 0. The second-order valence-corrected chi connectivity index (χ2v) is 6.55. The van der Waals surface area contributed by atoms with Crippen LogP contribution in [0, 0.1) is 0 Å². The summed E-state index contributed by atoms with van der Waals surface area (Å²) in [5.41, 5.74) is 0. The third kappa shape index (κ3) is 3.83. The first-order chi connectivity index (χ1) is 10.3. The Morgan fingerprint density at radius 1 is 1.52 bits per heavy atom. The molecule has 1 unspecified atom stereocenters. The van der Waals surface area contributed by atoms with E-state index in [2.05, 4.69) is 33.0 Å². The Balaban J connectivity index is 1.60. The van der Waals surface area contributed by atoms with Crippen LogP contribution in [0.2, 0.25) is 0 Å². The van der Waals surface area contributed by atoms with Crippen molar-refractivity contribution in [3.8, 4) is 0 Å². The zero-order chi connectivity index (χ0) is 14.5. The number of hydrogen-bond donors (Lipinski definition) is 2. The molecule has 2 aliphatic rings. The fourth-order valence-electron chi connectivity index (χ4n) is 3.01. The number of hydrogen-bond acceptors (Lipinski definition) is 5. The molecule has 2 fully saturated rings. The molecule has 0 spiro atoms. The molecule has 2 N–H and O–H groups in total. The summed E-state index contributed by atoms with van der Waals surface area (Å²) in [4.78, 5) is 15.9. The Hall–Kier alpha value is -0.950. The highest BCUT2D eigenvalue weighted by Crippen LogP contribution is 2.25. The number of nitrogens with zero attached hydrogens (tertiary/aromatic N) is 1. The predicted molar refractivity (Wildman–Crippen MR) is 83.5 cm³/mol. The van der Waals surface area contributed by atoms with Crippen LogP contribution < -0.4 is 10.6 Å². The standard InChI is InChI=1S/C15H23N3O2S/c19-15(12-3-1-5-16-12)17-11-13(14-4-2-10-21-14)18-6-8-20-9-7-18/h2,4,10,12-13,16H,1,3,5-9,11H2,(H,17,19)/t12-,13?/m1/s1. The first-order valence-electron chi connectivity index (χ1n) is 7.71. The number of carbonyl (C=O) groups excluding carboxylic acids is 1. The number of rotatable bonds is 5. The van der Waals surface area contributed by atoms with Crippen molar-refractivity contribution in [3.63, 3.8) is 0 Å². The van der Waals surface area contributed by atoms with Gasteiger partial charge in [0.15, 0.2) is 0 Å². The van der Waals surface area contributed by atoms with Gasteiger partial charge in [0.05, 0.1) is 25.3 Å². The molecule has 5 nitrogen and oxygen atoms in total. The van der Waals surface area contributed by atoms with Crippen molar-refractivity contribution in [3.05, 3.63) is 22.4 Å². The SMILES string of the molecule is O=C(NCC(c1cccs1)N1CCOCC1)[C@H]1CCCN1. The van der Waals surface area contributed by atoms with Crippen molar-refractivity contribution >= 4 is 17.2 Å². The van der Waals surface area contributed by atoms with Gasteiger partial charge in [-0.25, -0.2) is 0 Å². The Kier molecular flexibility index (Phi) is 5.24. The van der Waals surface area contributed by atoms with Gasteiger partial charge in [0.25, 0.3) is 0 Å². The first-order valence-corrected chi connectivity index (χ1v) is 8.59. The van der Waals surface area contributed by atoms with Crippen LogP contribution in [-0.2, 0) is 9.53 Å². The molecular weight excluding hydrogens is 286 g/mol. The number of amides is 1. The summed E-state index contributed by atoms with van der Waals surface area (Å²) >= 11 is 1.76. The maximum absolute atomic E-state index is 12.2. The zero-order valence-corrected chi connectivity index (χ0v) is 13.0. The average molecular weight is 309 g/mol. The van der Waals surface area contributed by atoms with Gasteiger partial charge in [-0.1, -0.05) is 6.07 Å². The molecule has 3 rings (SSSR count). The highest BCUT2D eigenvalue weighted by Gasteiger charge is 2.26. The summed E-state index contributed by atoms with van der Waals surface area (Å²) in [5.74, 6) is 0.141. The lowest BCUT2D eigenvalue weighted by Gasteiger charge is -2.34. The molecule has 3 heterocycles. The summed E-state index contributed by atoms with van der Waals surface area (Å²) in [6.07, 6.45) is 2.04. The van der Waals surface area contributed by atoms with Crippen LogP contribution in [0.15, 0.2) is 17.5 Å². The van der Waals surface area contributed by atoms with Crippen molar-refractivity contribution in [1.82, 2.24) is 15.5 Å². The molecular formula is C15H23N3O2S. The summed E-state index contributed by atoms with van der Waals surface area (Å²) in [5, 5.41) is 8.48. The lowest BCUT2D eigenvalue weighted by molar-refractivity contribution is -0.123. The van der Waals surface area contributed by atoms with Crippen LogP contribution in [0.25, 0.3) is 0 Å². The van der Waals surface area contributed by atoms with Crippen LogP contribution in [0.1, 0.15) is 23.8 Å². The quantitative estimate of drug-likeness (QED) is 0.852. The van der Waals surface area contributed by atoms with E-state index in [4.69, 9.17) is 4.74 Å². The minimum absolute atomic E-state index is 0.00123. The molecule has 0 bridgehead atoms. The molecule has 0 aliphatic carbocycles. The summed E-state index contributed by atoms with van der Waals surface area (Å²) < 4.78 is 5.44. The van der Waals surface area contributed by atoms with Crippen LogP contribution in [0.4, 0.5) is 0 Å². The Bertz CT molecular complexity index is 440. The third-order valence-corrected chi connectivity index (χ3v) is 5.18. The van der Waals surface area contributed by atoms with E-state index in [1.807, 2.05) is 0 Å². The van der Waals surface area contributed by atoms with E-state index in [1.165, 1.54) is 4.88 Å². The van der Waals surface area contributed by atoms with Crippen molar-refractivity contribution in [2.75, 3.05) is 39.4 Å². The molecule has 2 aliphatic heterocycles. The lowest BCUT2D eigenvalue weighted by atomic mass is 10.1. The van der Waals surface area contributed by atoms with E-state index in [0.717, 1.165) is 45.7 Å². The molecule has 21 heavy (non-hydrogen) atoms. The number of carbonyl (C=O) groups is 1. The van der Waals surface area contributed by atoms with Gasteiger partial charge in [-0.2, -0.15) is 0 Å². The van der Waals surface area contributed by atoms with Gasteiger partial charge in [0.2, 0.25) is 5.91 Å². The fraction of sp³-hybridized carbons (Fsp3) is 0.667. The Labute approximate surface area is 129 Å². The lowest BCUT2D eigenvalue weighted by Crippen LogP contribution is -2.46. The van der Waals surface area contributed by atoms with Crippen LogP contribution in [-0.4, -0.2) is 56.2 Å². The first kappa shape index (κ1) is 15.0. The van der Waals surface area contributed by atoms with Crippen molar-refractivity contribution in [2.45, 2.75) is 24.9 Å². The Morgan fingerprint density at radius 2 is 2.38 bits per heavy atom. The minimum atomic E-state index is -0.00123. The van der Waals surface area contributed by atoms with Crippen LogP contribution in [0.5, 0.6) is 0 Å². The van der Waals surface area contributed by atoms with E-state index in [9.17, 15) is 4.79 Å². The Morgan fingerprint density at radius 3 is 3.05 bits per heavy atom. The van der Waals surface area contributed by atoms with Gasteiger partial charge in [0, 0.05) is 24.5 Å². The van der Waals surface area contributed by atoms with E-state index in [0.29, 0.717) is 6.54 Å². The van der Waals surface area contributed by atoms with Gasteiger partial charge >= 0.3 is 0 Å². The molecule has 116 valence electrons. The van der Waals surface area contributed by atoms with Gasteiger partial charge in [0.1, 0.15) is 0 Å². The van der Waals surface area contributed by atoms with E-state index < -0.39 is 0 Å². The maximum atomic E-state index is 12.2. The summed E-state index contributed by atoms with van der Waals surface area (Å²) in [6, 6.07) is 4.50. The molecule has 1 amide bonds. The second-order valence-electron chi connectivity index (χ2n) is 5.57. The molecule has 0 aromatic carbocycles. The van der Waals surface area contributed by atoms with Crippen LogP contribution in [0.3, 0.4) is 0 Å². The molecule has 6 heteroatoms. The molecule has 0 saturated carbocycles. The minimum Gasteiger partial charge on any atom is -0.379 e. The molecule has 1 aromatic rings. The van der Waals surface area contributed by atoms with Crippen molar-refractivity contribution in [1.29, 1.82) is 0 Å². The molecule has 0 radical (unpaired) electrons. The maximum Gasteiger partial charge on any atom is 0.237 e. The average Bonchev–Trinajstić information content (AvgIpc) is 3.22. The van der Waals surface area contributed by atoms with Gasteiger partial charge < -0.3 is 15.4 Å². The highest BCUT2D eigenvalue weighted by atomic mass is 32.1. The van der Waals surface area contributed by atoms with Crippen molar-refractivity contribution in [2.24, 2.45) is 0 Å². The van der Waals surface area contributed by atoms with E-state index in [1.54, 1.807) is 11.3 Å². The van der Waals surface area contributed by atoms with Gasteiger partial charge in [-0.15, -0.1) is 11.3 Å². The molecule has 2 atom stereocenters. The van der Waals surface area contributed by atoms with Crippen molar-refractivity contribution < 1.29 is 9.53 Å². The topological polar surface area (TPSA) is 53.6 Å². The van der Waals surface area contributed by atoms with E-state index in [-0.39, 0.29) is 18.0 Å². The fourth-order valence-corrected chi connectivity index (χ4v) is 3.87. The van der Waals surface area contributed by atoms with E-state index >= 15 is 0 Å². The normalized spacial score (nSPS) is 24.9. The highest BCUT2D eigenvalue weighted by molar-refractivity contribution is 7.10.